The van der Waals surface area contributed by atoms with Crippen LogP contribution in [0.1, 0.15) is 18.5 Å². The Hall–Kier alpha value is -2.10. The standard InChI is InChI=1S/C14H16N2O2/c1-4-12(17)16-13(10(2)15(3)14(16)18)11-8-6-5-7-9-11/h4-10,13H,1H2,2-3H3. The van der Waals surface area contributed by atoms with Crippen molar-refractivity contribution in [2.45, 2.75) is 19.0 Å². The van der Waals surface area contributed by atoms with Crippen LogP contribution in [0.5, 0.6) is 0 Å². The lowest BCUT2D eigenvalue weighted by molar-refractivity contribution is -0.124. The molecular formula is C14H16N2O2. The molecule has 3 amide bonds. The molecule has 1 aromatic carbocycles. The summed E-state index contributed by atoms with van der Waals surface area (Å²) in [6, 6.07) is 8.99. The summed E-state index contributed by atoms with van der Waals surface area (Å²) in [7, 11) is 1.71. The highest BCUT2D eigenvalue weighted by Gasteiger charge is 2.44. The Morgan fingerprint density at radius 2 is 1.94 bits per heavy atom. The van der Waals surface area contributed by atoms with Gasteiger partial charge in [0.2, 0.25) is 0 Å². The largest absolute Gasteiger partial charge is 0.327 e. The van der Waals surface area contributed by atoms with Crippen molar-refractivity contribution >= 4 is 11.9 Å². The molecule has 2 unspecified atom stereocenters. The van der Waals surface area contributed by atoms with Crippen LogP contribution in [0.2, 0.25) is 0 Å². The summed E-state index contributed by atoms with van der Waals surface area (Å²) in [4.78, 5) is 26.8. The Morgan fingerprint density at radius 3 is 2.50 bits per heavy atom. The molecule has 18 heavy (non-hydrogen) atoms. The third-order valence-electron chi connectivity index (χ3n) is 3.41. The number of imide groups is 1. The molecule has 2 atom stereocenters. The molecule has 94 valence electrons. The maximum absolute atomic E-state index is 12.1. The number of amides is 3. The Bertz CT molecular complexity index is 484. The molecule has 4 heteroatoms. The van der Waals surface area contributed by atoms with Crippen LogP contribution in [-0.4, -0.2) is 34.8 Å². The summed E-state index contributed by atoms with van der Waals surface area (Å²) in [5, 5.41) is 0. The summed E-state index contributed by atoms with van der Waals surface area (Å²) in [5.74, 6) is -0.356. The highest BCUT2D eigenvalue weighted by Crippen LogP contribution is 2.34. The predicted octanol–water partition coefficient (Wildman–Crippen LogP) is 2.20. The van der Waals surface area contributed by atoms with E-state index in [-0.39, 0.29) is 24.0 Å². The van der Waals surface area contributed by atoms with Crippen molar-refractivity contribution in [2.75, 3.05) is 7.05 Å². The first-order valence-corrected chi connectivity index (χ1v) is 5.85. The van der Waals surface area contributed by atoms with Gasteiger partial charge in [-0.1, -0.05) is 36.9 Å². The van der Waals surface area contributed by atoms with Crippen molar-refractivity contribution in [2.24, 2.45) is 0 Å². The van der Waals surface area contributed by atoms with Crippen LogP contribution < -0.4 is 0 Å². The summed E-state index contributed by atoms with van der Waals surface area (Å²) in [5.41, 5.74) is 0.956. The number of rotatable bonds is 2. The molecule has 4 nitrogen and oxygen atoms in total. The zero-order chi connectivity index (χ0) is 13.3. The van der Waals surface area contributed by atoms with Gasteiger partial charge in [0.25, 0.3) is 5.91 Å². The highest BCUT2D eigenvalue weighted by atomic mass is 16.2. The third-order valence-corrected chi connectivity index (χ3v) is 3.41. The molecular weight excluding hydrogens is 228 g/mol. The molecule has 1 aliphatic rings. The van der Waals surface area contributed by atoms with E-state index >= 15 is 0 Å². The zero-order valence-corrected chi connectivity index (χ0v) is 10.5. The van der Waals surface area contributed by atoms with Crippen molar-refractivity contribution in [1.29, 1.82) is 0 Å². The van der Waals surface area contributed by atoms with E-state index in [1.54, 1.807) is 11.9 Å². The van der Waals surface area contributed by atoms with Crippen LogP contribution in [0.15, 0.2) is 43.0 Å². The fraction of sp³-hybridized carbons (Fsp3) is 0.286. The third kappa shape index (κ3) is 1.79. The number of carbonyl (C=O) groups is 2. The molecule has 0 aromatic heterocycles. The van der Waals surface area contributed by atoms with Crippen molar-refractivity contribution in [3.05, 3.63) is 48.6 Å². The van der Waals surface area contributed by atoms with Gasteiger partial charge in [-0.3, -0.25) is 9.69 Å². The van der Waals surface area contributed by atoms with Crippen LogP contribution in [0.25, 0.3) is 0 Å². The van der Waals surface area contributed by atoms with E-state index in [9.17, 15) is 9.59 Å². The Balaban J connectivity index is 2.45. The Morgan fingerprint density at radius 1 is 1.33 bits per heavy atom. The zero-order valence-electron chi connectivity index (χ0n) is 10.5. The normalized spacial score (nSPS) is 23.3. The van der Waals surface area contributed by atoms with Gasteiger partial charge in [0, 0.05) is 7.05 Å². The lowest BCUT2D eigenvalue weighted by Gasteiger charge is -2.23. The van der Waals surface area contributed by atoms with Gasteiger partial charge in [-0.25, -0.2) is 4.79 Å². The molecule has 1 saturated heterocycles. The van der Waals surface area contributed by atoms with Crippen LogP contribution in [0.3, 0.4) is 0 Å². The first-order valence-electron chi connectivity index (χ1n) is 5.85. The molecule has 2 rings (SSSR count). The monoisotopic (exact) mass is 244 g/mol. The fourth-order valence-electron chi connectivity index (χ4n) is 2.30. The lowest BCUT2D eigenvalue weighted by Crippen LogP contribution is -2.35. The summed E-state index contributed by atoms with van der Waals surface area (Å²) >= 11 is 0. The molecule has 1 aromatic rings. The van der Waals surface area contributed by atoms with E-state index < -0.39 is 0 Å². The summed E-state index contributed by atoms with van der Waals surface area (Å²) < 4.78 is 0. The second kappa shape index (κ2) is 4.64. The van der Waals surface area contributed by atoms with Crippen LogP contribution >= 0.6 is 0 Å². The fourth-order valence-corrected chi connectivity index (χ4v) is 2.30. The molecule has 1 fully saturated rings. The number of hydrogen-bond donors (Lipinski definition) is 0. The van der Waals surface area contributed by atoms with Gasteiger partial charge >= 0.3 is 6.03 Å². The molecule has 0 N–H and O–H groups in total. The number of nitrogens with zero attached hydrogens (tertiary/aromatic N) is 2. The van der Waals surface area contributed by atoms with E-state index in [1.807, 2.05) is 37.3 Å². The van der Waals surface area contributed by atoms with Gasteiger partial charge in [-0.15, -0.1) is 0 Å². The average Bonchev–Trinajstić information content (AvgIpc) is 2.63. The van der Waals surface area contributed by atoms with Crippen molar-refractivity contribution in [3.8, 4) is 0 Å². The molecule has 1 heterocycles. The minimum Gasteiger partial charge on any atom is -0.322 e. The van der Waals surface area contributed by atoms with Gasteiger partial charge in [0.05, 0.1) is 12.1 Å². The first kappa shape index (κ1) is 12.4. The van der Waals surface area contributed by atoms with Crippen molar-refractivity contribution < 1.29 is 9.59 Å². The number of urea groups is 1. The number of hydrogen-bond acceptors (Lipinski definition) is 2. The average molecular weight is 244 g/mol. The van der Waals surface area contributed by atoms with Gasteiger partial charge < -0.3 is 4.90 Å². The number of carbonyl (C=O) groups excluding carboxylic acids is 2. The van der Waals surface area contributed by atoms with Gasteiger partial charge in [0.15, 0.2) is 0 Å². The minimum absolute atomic E-state index is 0.0520. The first-order chi connectivity index (χ1) is 8.57. The summed E-state index contributed by atoms with van der Waals surface area (Å²) in [6.45, 7) is 5.39. The molecule has 0 aliphatic carbocycles. The van der Waals surface area contributed by atoms with Crippen LogP contribution in [-0.2, 0) is 4.79 Å². The Kier molecular flexibility index (Phi) is 3.19. The van der Waals surface area contributed by atoms with E-state index in [4.69, 9.17) is 0 Å². The second-order valence-electron chi connectivity index (χ2n) is 4.40. The van der Waals surface area contributed by atoms with Crippen LogP contribution in [0.4, 0.5) is 4.79 Å². The number of benzene rings is 1. The van der Waals surface area contributed by atoms with Gasteiger partial charge in [0.1, 0.15) is 0 Å². The predicted molar refractivity (Wildman–Crippen MR) is 68.8 cm³/mol. The Labute approximate surface area is 106 Å². The molecule has 0 radical (unpaired) electrons. The lowest BCUT2D eigenvalue weighted by atomic mass is 10.0. The molecule has 0 saturated carbocycles. The molecule has 0 spiro atoms. The van der Waals surface area contributed by atoms with Crippen molar-refractivity contribution in [3.63, 3.8) is 0 Å². The smallest absolute Gasteiger partial charge is 0.322 e. The maximum Gasteiger partial charge on any atom is 0.327 e. The highest BCUT2D eigenvalue weighted by molar-refractivity contribution is 6.01. The van der Waals surface area contributed by atoms with E-state index in [1.165, 1.54) is 11.0 Å². The van der Waals surface area contributed by atoms with Gasteiger partial charge in [-0.2, -0.15) is 0 Å². The molecule has 1 aliphatic heterocycles. The quantitative estimate of drug-likeness (QED) is 0.748. The maximum atomic E-state index is 12.1. The molecule has 0 bridgehead atoms. The van der Waals surface area contributed by atoms with E-state index in [0.717, 1.165) is 5.56 Å². The van der Waals surface area contributed by atoms with Gasteiger partial charge in [-0.05, 0) is 18.6 Å². The SMILES string of the molecule is C=CC(=O)N1C(=O)N(C)C(C)C1c1ccccc1. The van der Waals surface area contributed by atoms with E-state index in [2.05, 4.69) is 6.58 Å². The number of likely N-dealkylation sites (N-methyl/N-ethyl adjacent to an activating group) is 1. The van der Waals surface area contributed by atoms with Crippen molar-refractivity contribution in [1.82, 2.24) is 9.80 Å². The topological polar surface area (TPSA) is 40.6 Å². The second-order valence-corrected chi connectivity index (χ2v) is 4.40. The minimum atomic E-state index is -0.356. The van der Waals surface area contributed by atoms with E-state index in [0.29, 0.717) is 0 Å². The van der Waals surface area contributed by atoms with Crippen LogP contribution in [0, 0.1) is 0 Å². The summed E-state index contributed by atoms with van der Waals surface area (Å²) in [6.07, 6.45) is 1.18.